The van der Waals surface area contributed by atoms with Crippen LogP contribution in [0.1, 0.15) is 18.4 Å². The van der Waals surface area contributed by atoms with Crippen LogP contribution in [0.5, 0.6) is 5.75 Å². The summed E-state index contributed by atoms with van der Waals surface area (Å²) in [6.07, 6.45) is 4.72. The Morgan fingerprint density at radius 2 is 1.90 bits per heavy atom. The van der Waals surface area contributed by atoms with E-state index in [4.69, 9.17) is 16.3 Å². The van der Waals surface area contributed by atoms with Crippen LogP contribution in [0, 0.1) is 0 Å². The van der Waals surface area contributed by atoms with Crippen LogP contribution in [-0.2, 0) is 14.8 Å². The standard InChI is InChI=1S/C22H26ClN3O4S/c1-24-31(28,29)21-15-16(7-9-20(21)30-2)8-10-22(27)26-13-11-17(12-14-26)25-19-6-4-3-5-18(19)23/h3-10,15,17,24-25H,11-14H2,1-2H3. The van der Waals surface area contributed by atoms with Gasteiger partial charge in [-0.25, -0.2) is 13.1 Å². The Hall–Kier alpha value is -2.55. The van der Waals surface area contributed by atoms with E-state index >= 15 is 0 Å². The molecule has 31 heavy (non-hydrogen) atoms. The predicted molar refractivity (Wildman–Crippen MR) is 123 cm³/mol. The Bertz CT molecular complexity index is 1060. The molecular formula is C22H26ClN3O4S. The molecule has 2 aromatic rings. The molecule has 1 aliphatic rings. The molecule has 0 atom stereocenters. The number of methoxy groups -OCH3 is 1. The Morgan fingerprint density at radius 1 is 1.19 bits per heavy atom. The zero-order valence-corrected chi connectivity index (χ0v) is 19.0. The Kier molecular flexibility index (Phi) is 7.59. The number of hydrogen-bond acceptors (Lipinski definition) is 5. The van der Waals surface area contributed by atoms with E-state index in [9.17, 15) is 13.2 Å². The number of ether oxygens (including phenoxy) is 1. The second kappa shape index (κ2) is 10.2. The molecule has 1 amide bonds. The average Bonchev–Trinajstić information content (AvgIpc) is 2.79. The van der Waals surface area contributed by atoms with Gasteiger partial charge in [0.1, 0.15) is 10.6 Å². The van der Waals surface area contributed by atoms with Crippen LogP contribution >= 0.6 is 11.6 Å². The number of benzene rings is 2. The van der Waals surface area contributed by atoms with Crippen molar-refractivity contribution in [1.29, 1.82) is 0 Å². The number of para-hydroxylation sites is 1. The average molecular weight is 464 g/mol. The minimum atomic E-state index is -3.68. The number of sulfonamides is 1. The quantitative estimate of drug-likeness (QED) is 0.614. The van der Waals surface area contributed by atoms with Crippen molar-refractivity contribution in [2.75, 3.05) is 32.6 Å². The molecule has 3 rings (SSSR count). The van der Waals surface area contributed by atoms with Crippen molar-refractivity contribution in [1.82, 2.24) is 9.62 Å². The molecule has 166 valence electrons. The lowest BCUT2D eigenvalue weighted by Gasteiger charge is -2.32. The fraction of sp³-hybridized carbons (Fsp3) is 0.318. The third-order valence-corrected chi connectivity index (χ3v) is 6.97. The first-order valence-electron chi connectivity index (χ1n) is 9.93. The third-order valence-electron chi connectivity index (χ3n) is 5.20. The molecule has 2 aromatic carbocycles. The van der Waals surface area contributed by atoms with Crippen LogP contribution in [0.4, 0.5) is 5.69 Å². The number of carbonyl (C=O) groups excluding carboxylic acids is 1. The highest BCUT2D eigenvalue weighted by Crippen LogP contribution is 2.26. The number of nitrogens with one attached hydrogen (secondary N) is 2. The fourth-order valence-corrected chi connectivity index (χ4v) is 4.55. The summed E-state index contributed by atoms with van der Waals surface area (Å²) >= 11 is 6.20. The Balaban J connectivity index is 1.61. The normalized spacial score (nSPS) is 15.3. The molecule has 7 nitrogen and oxygen atoms in total. The summed E-state index contributed by atoms with van der Waals surface area (Å²) in [5, 5.41) is 4.12. The summed E-state index contributed by atoms with van der Waals surface area (Å²) in [6, 6.07) is 12.6. The van der Waals surface area contributed by atoms with Gasteiger partial charge in [0.2, 0.25) is 15.9 Å². The molecule has 0 bridgehead atoms. The minimum absolute atomic E-state index is 0.0264. The molecule has 2 N–H and O–H groups in total. The van der Waals surface area contributed by atoms with Gasteiger partial charge in [0.05, 0.1) is 17.8 Å². The maximum Gasteiger partial charge on any atom is 0.246 e. The van der Waals surface area contributed by atoms with E-state index in [-0.39, 0.29) is 22.6 Å². The van der Waals surface area contributed by atoms with Gasteiger partial charge < -0.3 is 15.0 Å². The maximum atomic E-state index is 12.6. The van der Waals surface area contributed by atoms with Gasteiger partial charge in [-0.2, -0.15) is 0 Å². The number of piperidine rings is 1. The van der Waals surface area contributed by atoms with E-state index in [1.165, 1.54) is 26.3 Å². The summed E-state index contributed by atoms with van der Waals surface area (Å²) in [4.78, 5) is 14.4. The second-order valence-electron chi connectivity index (χ2n) is 7.17. The van der Waals surface area contributed by atoms with Gasteiger partial charge in [-0.1, -0.05) is 29.8 Å². The number of amides is 1. The van der Waals surface area contributed by atoms with E-state index in [2.05, 4.69) is 10.0 Å². The topological polar surface area (TPSA) is 87.7 Å². The molecule has 1 heterocycles. The van der Waals surface area contributed by atoms with Crippen LogP contribution in [0.15, 0.2) is 53.4 Å². The predicted octanol–water partition coefficient (Wildman–Crippen LogP) is 3.37. The van der Waals surface area contributed by atoms with Crippen LogP contribution in [0.25, 0.3) is 6.08 Å². The SMILES string of the molecule is CNS(=O)(=O)c1cc(C=CC(=O)N2CCC(Nc3ccccc3Cl)CC2)ccc1OC. The van der Waals surface area contributed by atoms with Gasteiger partial charge in [0, 0.05) is 25.2 Å². The first kappa shape index (κ1) is 23.1. The molecule has 9 heteroatoms. The number of nitrogens with zero attached hydrogens (tertiary/aromatic N) is 1. The highest BCUT2D eigenvalue weighted by atomic mass is 35.5. The second-order valence-corrected chi connectivity index (χ2v) is 9.44. The molecule has 0 radical (unpaired) electrons. The van der Waals surface area contributed by atoms with Crippen molar-refractivity contribution in [3.05, 3.63) is 59.1 Å². The van der Waals surface area contributed by atoms with Crippen LogP contribution in [-0.4, -0.2) is 52.5 Å². The van der Waals surface area contributed by atoms with Crippen molar-refractivity contribution in [2.45, 2.75) is 23.8 Å². The van der Waals surface area contributed by atoms with Crippen LogP contribution in [0.3, 0.4) is 0 Å². The monoisotopic (exact) mass is 463 g/mol. The van der Waals surface area contributed by atoms with Gasteiger partial charge in [-0.3, -0.25) is 4.79 Å². The van der Waals surface area contributed by atoms with Gasteiger partial charge in [-0.15, -0.1) is 0 Å². The van der Waals surface area contributed by atoms with Gasteiger partial charge in [0.15, 0.2) is 0 Å². The molecule has 1 aliphatic heterocycles. The lowest BCUT2D eigenvalue weighted by molar-refractivity contribution is -0.126. The highest BCUT2D eigenvalue weighted by Gasteiger charge is 2.22. The lowest BCUT2D eigenvalue weighted by atomic mass is 10.0. The first-order chi connectivity index (χ1) is 14.8. The van der Waals surface area contributed by atoms with Crippen molar-refractivity contribution in [3.63, 3.8) is 0 Å². The molecule has 0 aromatic heterocycles. The number of hydrogen-bond donors (Lipinski definition) is 2. The summed E-state index contributed by atoms with van der Waals surface area (Å²) in [6.45, 7) is 1.26. The number of halogens is 1. The number of anilines is 1. The fourth-order valence-electron chi connectivity index (χ4n) is 3.43. The maximum absolute atomic E-state index is 12.6. The molecule has 0 unspecified atom stereocenters. The minimum Gasteiger partial charge on any atom is -0.495 e. The third kappa shape index (κ3) is 5.78. The number of likely N-dealkylation sites (tertiary alicyclic amines) is 1. The van der Waals surface area contributed by atoms with E-state index in [0.717, 1.165) is 18.5 Å². The largest absolute Gasteiger partial charge is 0.495 e. The summed E-state index contributed by atoms with van der Waals surface area (Å²) in [7, 11) is -0.930. The van der Waals surface area contributed by atoms with Crippen molar-refractivity contribution in [3.8, 4) is 5.75 Å². The molecule has 1 fully saturated rings. The van der Waals surface area contributed by atoms with E-state index in [1.54, 1.807) is 23.1 Å². The lowest BCUT2D eigenvalue weighted by Crippen LogP contribution is -2.41. The highest BCUT2D eigenvalue weighted by molar-refractivity contribution is 7.89. The Labute approximate surface area is 188 Å². The molecule has 0 aliphatic carbocycles. The smallest absolute Gasteiger partial charge is 0.246 e. The molecule has 0 spiro atoms. The summed E-state index contributed by atoms with van der Waals surface area (Å²) < 4.78 is 31.8. The molecular weight excluding hydrogens is 438 g/mol. The zero-order valence-electron chi connectivity index (χ0n) is 17.5. The molecule has 0 saturated carbocycles. The van der Waals surface area contributed by atoms with Gasteiger partial charge in [0.25, 0.3) is 0 Å². The van der Waals surface area contributed by atoms with Crippen LogP contribution in [0.2, 0.25) is 5.02 Å². The molecule has 1 saturated heterocycles. The van der Waals surface area contributed by atoms with Crippen molar-refractivity contribution in [2.24, 2.45) is 0 Å². The zero-order chi connectivity index (χ0) is 22.4. The Morgan fingerprint density at radius 3 is 2.55 bits per heavy atom. The van der Waals surface area contributed by atoms with Gasteiger partial charge >= 0.3 is 0 Å². The van der Waals surface area contributed by atoms with Crippen LogP contribution < -0.4 is 14.8 Å². The van der Waals surface area contributed by atoms with E-state index < -0.39 is 10.0 Å². The van der Waals surface area contributed by atoms with Crippen molar-refractivity contribution >= 4 is 39.3 Å². The number of carbonyl (C=O) groups is 1. The first-order valence-corrected chi connectivity index (χ1v) is 11.8. The summed E-state index contributed by atoms with van der Waals surface area (Å²) in [5.74, 6) is 0.135. The van der Waals surface area contributed by atoms with Crippen molar-refractivity contribution < 1.29 is 17.9 Å². The number of rotatable bonds is 7. The van der Waals surface area contributed by atoms with E-state index in [1.807, 2.05) is 24.3 Å². The van der Waals surface area contributed by atoms with Gasteiger partial charge in [-0.05, 0) is 55.8 Å². The van der Waals surface area contributed by atoms with E-state index in [0.29, 0.717) is 23.7 Å². The summed E-state index contributed by atoms with van der Waals surface area (Å²) in [5.41, 5.74) is 1.50.